The lowest BCUT2D eigenvalue weighted by Gasteiger charge is -2.28. The number of carbonyl (C=O) groups is 2. The number of hydrogen-bond donors (Lipinski definition) is 1. The number of benzene rings is 2. The van der Waals surface area contributed by atoms with Crippen molar-refractivity contribution in [3.8, 4) is 0 Å². The SMILES string of the molecule is Cc1c(Cl)cccc1N1C(=O)C(O)=C(C(=O)c2cc3ccccc3o2)C1c1cccnc1. The maximum atomic E-state index is 13.5. The normalized spacial score (nSPS) is 16.2. The van der Waals surface area contributed by atoms with Gasteiger partial charge in [-0.05, 0) is 48.4 Å². The van der Waals surface area contributed by atoms with Crippen molar-refractivity contribution in [3.05, 3.63) is 106 Å². The zero-order chi connectivity index (χ0) is 22.4. The van der Waals surface area contributed by atoms with Crippen LogP contribution in [0.4, 0.5) is 5.69 Å². The van der Waals surface area contributed by atoms with Crippen LogP contribution in [0.1, 0.15) is 27.7 Å². The molecule has 1 amide bonds. The topological polar surface area (TPSA) is 83.6 Å². The molecule has 3 heterocycles. The van der Waals surface area contributed by atoms with E-state index < -0.39 is 23.5 Å². The highest BCUT2D eigenvalue weighted by molar-refractivity contribution is 6.32. The van der Waals surface area contributed by atoms with Crippen molar-refractivity contribution in [1.82, 2.24) is 4.98 Å². The Bertz CT molecular complexity index is 1380. The summed E-state index contributed by atoms with van der Waals surface area (Å²) >= 11 is 6.30. The van der Waals surface area contributed by atoms with E-state index >= 15 is 0 Å². The number of Topliss-reactive ketones (excluding diaryl/α,β-unsaturated/α-hetero) is 1. The molecule has 4 aromatic rings. The second kappa shape index (κ2) is 7.66. The number of anilines is 1. The fourth-order valence-corrected chi connectivity index (χ4v) is 4.19. The van der Waals surface area contributed by atoms with Crippen molar-refractivity contribution >= 4 is 39.9 Å². The number of aromatic nitrogens is 1. The quantitative estimate of drug-likeness (QED) is 0.416. The van der Waals surface area contributed by atoms with Gasteiger partial charge >= 0.3 is 0 Å². The summed E-state index contributed by atoms with van der Waals surface area (Å²) in [6.07, 6.45) is 3.16. The van der Waals surface area contributed by atoms with Gasteiger partial charge in [0.05, 0.1) is 11.6 Å². The number of ketones is 1. The van der Waals surface area contributed by atoms with E-state index in [0.29, 0.717) is 27.4 Å². The van der Waals surface area contributed by atoms with E-state index in [9.17, 15) is 14.7 Å². The van der Waals surface area contributed by atoms with E-state index in [1.807, 2.05) is 12.1 Å². The first-order valence-electron chi connectivity index (χ1n) is 9.92. The summed E-state index contributed by atoms with van der Waals surface area (Å²) in [5.74, 6) is -1.84. The van der Waals surface area contributed by atoms with E-state index in [4.69, 9.17) is 16.0 Å². The lowest BCUT2D eigenvalue weighted by molar-refractivity contribution is -0.117. The Morgan fingerprint density at radius 3 is 2.69 bits per heavy atom. The van der Waals surface area contributed by atoms with Crippen LogP contribution in [0.25, 0.3) is 11.0 Å². The summed E-state index contributed by atoms with van der Waals surface area (Å²) in [5.41, 5.74) is 2.20. The number of carbonyl (C=O) groups excluding carboxylic acids is 2. The molecule has 7 heteroatoms. The molecule has 1 aliphatic heterocycles. The largest absolute Gasteiger partial charge is 0.503 e. The summed E-state index contributed by atoms with van der Waals surface area (Å²) in [4.78, 5) is 32.3. The van der Waals surface area contributed by atoms with Gasteiger partial charge in [0.25, 0.3) is 5.91 Å². The Kier molecular flexibility index (Phi) is 4.79. The highest BCUT2D eigenvalue weighted by atomic mass is 35.5. The van der Waals surface area contributed by atoms with Crippen molar-refractivity contribution in [2.75, 3.05) is 4.90 Å². The molecular weight excluding hydrogens is 428 g/mol. The predicted octanol–water partition coefficient (Wildman–Crippen LogP) is 5.57. The van der Waals surface area contributed by atoms with Gasteiger partial charge in [-0.15, -0.1) is 0 Å². The molecule has 2 aromatic carbocycles. The number of nitrogens with zero attached hydrogens (tertiary/aromatic N) is 2. The van der Waals surface area contributed by atoms with Crippen LogP contribution in [0.2, 0.25) is 5.02 Å². The zero-order valence-electron chi connectivity index (χ0n) is 16.9. The van der Waals surface area contributed by atoms with Crippen LogP contribution in [0, 0.1) is 6.92 Å². The molecular formula is C25H17ClN2O4. The molecule has 1 atom stereocenters. The van der Waals surface area contributed by atoms with Crippen LogP contribution >= 0.6 is 11.6 Å². The molecule has 0 saturated heterocycles. The van der Waals surface area contributed by atoms with E-state index in [0.717, 1.165) is 5.39 Å². The third kappa shape index (κ3) is 3.08. The van der Waals surface area contributed by atoms with Crippen LogP contribution in [-0.2, 0) is 4.79 Å². The maximum absolute atomic E-state index is 13.5. The first kappa shape index (κ1) is 20.0. The summed E-state index contributed by atoms with van der Waals surface area (Å²) < 4.78 is 5.73. The molecule has 32 heavy (non-hydrogen) atoms. The first-order valence-corrected chi connectivity index (χ1v) is 10.3. The van der Waals surface area contributed by atoms with Gasteiger partial charge in [-0.25, -0.2) is 0 Å². The van der Waals surface area contributed by atoms with Gasteiger partial charge in [-0.2, -0.15) is 0 Å². The van der Waals surface area contributed by atoms with E-state index in [2.05, 4.69) is 4.98 Å². The van der Waals surface area contributed by atoms with Crippen LogP contribution in [-0.4, -0.2) is 21.8 Å². The molecule has 1 N–H and O–H groups in total. The minimum absolute atomic E-state index is 0.0408. The molecule has 0 aliphatic carbocycles. The van der Waals surface area contributed by atoms with Gasteiger partial charge in [-0.1, -0.05) is 41.9 Å². The van der Waals surface area contributed by atoms with Crippen molar-refractivity contribution in [3.63, 3.8) is 0 Å². The number of para-hydroxylation sites is 1. The third-order valence-corrected chi connectivity index (χ3v) is 6.01. The van der Waals surface area contributed by atoms with Crippen molar-refractivity contribution < 1.29 is 19.1 Å². The first-order chi connectivity index (χ1) is 15.5. The second-order valence-electron chi connectivity index (χ2n) is 7.49. The number of halogens is 1. The number of amides is 1. The summed E-state index contributed by atoms with van der Waals surface area (Å²) in [7, 11) is 0. The smallest absolute Gasteiger partial charge is 0.294 e. The molecule has 0 spiro atoms. The van der Waals surface area contributed by atoms with Crippen LogP contribution in [0.3, 0.4) is 0 Å². The molecule has 2 aromatic heterocycles. The average molecular weight is 445 g/mol. The molecule has 0 fully saturated rings. The molecule has 1 aliphatic rings. The summed E-state index contributed by atoms with van der Waals surface area (Å²) in [5, 5.41) is 12.1. The predicted molar refractivity (Wildman–Crippen MR) is 121 cm³/mol. The van der Waals surface area contributed by atoms with Gasteiger partial charge in [0, 0.05) is 28.5 Å². The van der Waals surface area contributed by atoms with Crippen LogP contribution < -0.4 is 4.90 Å². The minimum Gasteiger partial charge on any atom is -0.503 e. The van der Waals surface area contributed by atoms with E-state index in [1.165, 1.54) is 4.90 Å². The van der Waals surface area contributed by atoms with Gasteiger partial charge in [-0.3, -0.25) is 19.5 Å². The average Bonchev–Trinajstić information content (AvgIpc) is 3.35. The monoisotopic (exact) mass is 444 g/mol. The molecule has 5 rings (SSSR count). The van der Waals surface area contributed by atoms with E-state index in [1.54, 1.807) is 67.8 Å². The number of pyridine rings is 1. The number of furan rings is 1. The standard InChI is InChI=1S/C25H17ClN2O4/c1-14-17(26)8-4-9-18(14)28-22(16-7-5-11-27-13-16)21(24(30)25(28)31)23(29)20-12-15-6-2-3-10-19(15)32-20/h2-13,22,30H,1H3. The highest BCUT2D eigenvalue weighted by Gasteiger charge is 2.46. The maximum Gasteiger partial charge on any atom is 0.294 e. The Hall–Kier alpha value is -3.90. The number of aliphatic hydroxyl groups excluding tert-OH is 1. The van der Waals surface area contributed by atoms with Gasteiger partial charge < -0.3 is 9.52 Å². The van der Waals surface area contributed by atoms with Crippen LogP contribution in [0.15, 0.2) is 88.8 Å². The van der Waals surface area contributed by atoms with Crippen molar-refractivity contribution in [2.24, 2.45) is 0 Å². The van der Waals surface area contributed by atoms with Crippen LogP contribution in [0.5, 0.6) is 0 Å². The highest BCUT2D eigenvalue weighted by Crippen LogP contribution is 2.43. The molecule has 0 bridgehead atoms. The molecule has 6 nitrogen and oxygen atoms in total. The molecule has 1 unspecified atom stereocenters. The second-order valence-corrected chi connectivity index (χ2v) is 7.90. The molecule has 0 saturated carbocycles. The number of hydrogen-bond acceptors (Lipinski definition) is 5. The lowest BCUT2D eigenvalue weighted by Crippen LogP contribution is -2.31. The number of aliphatic hydroxyl groups is 1. The Labute approximate surface area is 188 Å². The Morgan fingerprint density at radius 2 is 1.94 bits per heavy atom. The molecule has 0 radical (unpaired) electrons. The lowest BCUT2D eigenvalue weighted by atomic mass is 9.95. The number of rotatable bonds is 4. The van der Waals surface area contributed by atoms with Crippen molar-refractivity contribution in [1.29, 1.82) is 0 Å². The number of fused-ring (bicyclic) bond motifs is 1. The fourth-order valence-electron chi connectivity index (χ4n) is 4.02. The van der Waals surface area contributed by atoms with Gasteiger partial charge in [0.1, 0.15) is 5.58 Å². The summed E-state index contributed by atoms with van der Waals surface area (Å²) in [6.45, 7) is 1.78. The Morgan fingerprint density at radius 1 is 1.12 bits per heavy atom. The minimum atomic E-state index is -0.894. The van der Waals surface area contributed by atoms with E-state index in [-0.39, 0.29) is 11.3 Å². The fraction of sp³-hybridized carbons (Fsp3) is 0.0800. The zero-order valence-corrected chi connectivity index (χ0v) is 17.7. The van der Waals surface area contributed by atoms with Gasteiger partial charge in [0.2, 0.25) is 5.78 Å². The van der Waals surface area contributed by atoms with Gasteiger partial charge in [0.15, 0.2) is 11.5 Å². The third-order valence-electron chi connectivity index (χ3n) is 5.60. The summed E-state index contributed by atoms with van der Waals surface area (Å²) in [6, 6.07) is 16.5. The molecule has 158 valence electrons. The van der Waals surface area contributed by atoms with Crippen molar-refractivity contribution in [2.45, 2.75) is 13.0 Å². The Balaban J connectivity index is 1.69.